The molecule has 0 bridgehead atoms. The Bertz CT molecular complexity index is 1530. The van der Waals surface area contributed by atoms with Gasteiger partial charge in [0.15, 0.2) is 5.82 Å². The largest absolute Gasteiger partial charge is 0.494 e. The van der Waals surface area contributed by atoms with Gasteiger partial charge in [0.2, 0.25) is 0 Å². The minimum Gasteiger partial charge on any atom is -0.399 e. The average Bonchev–Trinajstić information content (AvgIpc) is 3.20. The summed E-state index contributed by atoms with van der Waals surface area (Å²) in [5.41, 5.74) is 7.35. The van der Waals surface area contributed by atoms with Crippen LogP contribution in [0, 0.1) is 0 Å². The molecule has 192 valence electrons. The molecule has 0 unspecified atom stereocenters. The van der Waals surface area contributed by atoms with E-state index in [2.05, 4.69) is 94.4 Å². The second-order valence-corrected chi connectivity index (χ2v) is 10.9. The third kappa shape index (κ3) is 4.92. The van der Waals surface area contributed by atoms with Crippen molar-refractivity contribution >= 4 is 12.6 Å². The van der Waals surface area contributed by atoms with Crippen LogP contribution in [0.15, 0.2) is 115 Å². The average molecular weight is 510 g/mol. The maximum absolute atomic E-state index is 6.26. The van der Waals surface area contributed by atoms with E-state index in [-0.39, 0.29) is 18.3 Å². The van der Waals surface area contributed by atoms with Gasteiger partial charge in [-0.1, -0.05) is 109 Å². The summed E-state index contributed by atoms with van der Waals surface area (Å²) < 4.78 is 12.5. The van der Waals surface area contributed by atoms with Gasteiger partial charge in [0.1, 0.15) is 0 Å². The third-order valence-electron chi connectivity index (χ3n) is 7.78. The monoisotopic (exact) mass is 510 g/mol. The van der Waals surface area contributed by atoms with Crippen LogP contribution in [0.3, 0.4) is 0 Å². The standard InChI is InChI=1S/C34H31BN2O2/c1-33(2)34(3,4)39-35(38-33)27-21-19-24(20-22-27)28-17-11-12-18-29(28)31-23-30(25-13-7-5-8-14-25)36-32(37-31)26-15-9-6-10-16-26/h5-23H,1-4H3. The van der Waals surface area contributed by atoms with Crippen molar-refractivity contribution in [1.82, 2.24) is 9.97 Å². The summed E-state index contributed by atoms with van der Waals surface area (Å²) in [6.07, 6.45) is 0. The second kappa shape index (κ2) is 9.92. The van der Waals surface area contributed by atoms with Crippen molar-refractivity contribution < 1.29 is 9.31 Å². The van der Waals surface area contributed by atoms with E-state index in [0.717, 1.165) is 44.7 Å². The Morgan fingerprint density at radius 3 is 1.64 bits per heavy atom. The topological polar surface area (TPSA) is 44.2 Å². The molecule has 0 aliphatic carbocycles. The molecular weight excluding hydrogens is 479 g/mol. The zero-order valence-electron chi connectivity index (χ0n) is 22.8. The van der Waals surface area contributed by atoms with Gasteiger partial charge >= 0.3 is 7.12 Å². The number of aromatic nitrogens is 2. The Morgan fingerprint density at radius 1 is 0.513 bits per heavy atom. The Labute approximate surface area is 230 Å². The Kier molecular flexibility index (Phi) is 6.42. The van der Waals surface area contributed by atoms with Crippen molar-refractivity contribution in [2.75, 3.05) is 0 Å². The van der Waals surface area contributed by atoms with Gasteiger partial charge in [-0.05, 0) is 50.4 Å². The lowest BCUT2D eigenvalue weighted by molar-refractivity contribution is 0.00578. The van der Waals surface area contributed by atoms with Crippen LogP contribution in [-0.4, -0.2) is 28.3 Å². The van der Waals surface area contributed by atoms with E-state index in [1.54, 1.807) is 0 Å². The number of rotatable bonds is 5. The second-order valence-electron chi connectivity index (χ2n) is 10.9. The van der Waals surface area contributed by atoms with E-state index in [4.69, 9.17) is 19.3 Å². The van der Waals surface area contributed by atoms with Crippen LogP contribution in [0.2, 0.25) is 0 Å². The summed E-state index contributed by atoms with van der Waals surface area (Å²) >= 11 is 0. The first-order valence-electron chi connectivity index (χ1n) is 13.4. The Hall–Kier alpha value is -4.06. The zero-order chi connectivity index (χ0) is 27.0. The first-order chi connectivity index (χ1) is 18.8. The summed E-state index contributed by atoms with van der Waals surface area (Å²) in [7, 11) is -0.386. The summed E-state index contributed by atoms with van der Waals surface area (Å²) in [5.74, 6) is 0.706. The molecule has 0 N–H and O–H groups in total. The molecule has 5 aromatic rings. The summed E-state index contributed by atoms with van der Waals surface area (Å²) in [4.78, 5) is 9.99. The molecule has 0 radical (unpaired) electrons. The van der Waals surface area contributed by atoms with Gasteiger partial charge in [-0.3, -0.25) is 0 Å². The summed E-state index contributed by atoms with van der Waals surface area (Å²) in [6.45, 7) is 8.30. The van der Waals surface area contributed by atoms with Gasteiger partial charge in [0.05, 0.1) is 22.6 Å². The first-order valence-corrected chi connectivity index (χ1v) is 13.4. The fourth-order valence-corrected chi connectivity index (χ4v) is 4.82. The lowest BCUT2D eigenvalue weighted by Crippen LogP contribution is -2.41. The van der Waals surface area contributed by atoms with Crippen molar-refractivity contribution in [3.05, 3.63) is 115 Å². The highest BCUT2D eigenvalue weighted by Gasteiger charge is 2.51. The predicted molar refractivity (Wildman–Crippen MR) is 159 cm³/mol. The molecule has 0 saturated carbocycles. The molecule has 2 heterocycles. The number of benzene rings is 4. The molecule has 1 saturated heterocycles. The van der Waals surface area contributed by atoms with E-state index >= 15 is 0 Å². The van der Waals surface area contributed by atoms with Crippen LogP contribution in [0.5, 0.6) is 0 Å². The van der Waals surface area contributed by atoms with Gasteiger partial charge < -0.3 is 9.31 Å². The molecule has 39 heavy (non-hydrogen) atoms. The van der Waals surface area contributed by atoms with Crippen LogP contribution in [-0.2, 0) is 9.31 Å². The molecule has 4 nitrogen and oxygen atoms in total. The van der Waals surface area contributed by atoms with E-state index < -0.39 is 0 Å². The zero-order valence-corrected chi connectivity index (χ0v) is 22.8. The molecule has 1 aromatic heterocycles. The normalized spacial score (nSPS) is 15.8. The van der Waals surface area contributed by atoms with Crippen LogP contribution < -0.4 is 5.46 Å². The van der Waals surface area contributed by atoms with Crippen LogP contribution in [0.25, 0.3) is 45.0 Å². The van der Waals surface area contributed by atoms with Gasteiger partial charge in [0.25, 0.3) is 0 Å². The van der Waals surface area contributed by atoms with Crippen LogP contribution in [0.4, 0.5) is 0 Å². The molecule has 0 amide bonds. The summed E-state index contributed by atoms with van der Waals surface area (Å²) in [5, 5.41) is 0. The lowest BCUT2D eigenvalue weighted by atomic mass is 9.78. The molecule has 0 spiro atoms. The van der Waals surface area contributed by atoms with Crippen molar-refractivity contribution in [1.29, 1.82) is 0 Å². The number of hydrogen-bond acceptors (Lipinski definition) is 4. The highest BCUT2D eigenvalue weighted by molar-refractivity contribution is 6.62. The minimum atomic E-state index is -0.386. The molecule has 4 aromatic carbocycles. The molecule has 6 rings (SSSR count). The maximum atomic E-state index is 6.26. The van der Waals surface area contributed by atoms with Crippen molar-refractivity contribution in [3.8, 4) is 45.0 Å². The number of hydrogen-bond donors (Lipinski definition) is 0. The molecule has 5 heteroatoms. The fourth-order valence-electron chi connectivity index (χ4n) is 4.82. The third-order valence-corrected chi connectivity index (χ3v) is 7.78. The van der Waals surface area contributed by atoms with Gasteiger partial charge in [-0.2, -0.15) is 0 Å². The molecule has 0 atom stereocenters. The molecule has 1 aliphatic heterocycles. The highest BCUT2D eigenvalue weighted by atomic mass is 16.7. The van der Waals surface area contributed by atoms with Gasteiger partial charge in [0, 0.05) is 16.7 Å². The lowest BCUT2D eigenvalue weighted by Gasteiger charge is -2.32. The fraction of sp³-hybridized carbons (Fsp3) is 0.176. The van der Waals surface area contributed by atoms with Crippen molar-refractivity contribution in [2.24, 2.45) is 0 Å². The van der Waals surface area contributed by atoms with E-state index in [9.17, 15) is 0 Å². The van der Waals surface area contributed by atoms with E-state index in [1.807, 2.05) is 48.5 Å². The molecule has 1 aliphatic rings. The van der Waals surface area contributed by atoms with Gasteiger partial charge in [-0.25, -0.2) is 9.97 Å². The highest BCUT2D eigenvalue weighted by Crippen LogP contribution is 2.37. The first kappa shape index (κ1) is 25.2. The van der Waals surface area contributed by atoms with Crippen molar-refractivity contribution in [2.45, 2.75) is 38.9 Å². The predicted octanol–water partition coefficient (Wildman–Crippen LogP) is 7.44. The van der Waals surface area contributed by atoms with E-state index in [0.29, 0.717) is 5.82 Å². The quantitative estimate of drug-likeness (QED) is 0.231. The Morgan fingerprint density at radius 2 is 1.03 bits per heavy atom. The molecular formula is C34H31BN2O2. The summed E-state index contributed by atoms with van der Waals surface area (Å²) in [6, 6.07) is 39.4. The SMILES string of the molecule is CC1(C)OB(c2ccc(-c3ccccc3-c3cc(-c4ccccc4)nc(-c4ccccc4)n3)cc2)OC1(C)C. The maximum Gasteiger partial charge on any atom is 0.494 e. The van der Waals surface area contributed by atoms with Crippen molar-refractivity contribution in [3.63, 3.8) is 0 Å². The number of nitrogens with zero attached hydrogens (tertiary/aromatic N) is 2. The molecule has 1 fully saturated rings. The van der Waals surface area contributed by atoms with Gasteiger partial charge in [-0.15, -0.1) is 0 Å². The Balaban J connectivity index is 1.41. The van der Waals surface area contributed by atoms with Crippen LogP contribution in [0.1, 0.15) is 27.7 Å². The smallest absolute Gasteiger partial charge is 0.399 e. The van der Waals surface area contributed by atoms with E-state index in [1.165, 1.54) is 0 Å². The minimum absolute atomic E-state index is 0.372. The van der Waals surface area contributed by atoms with Crippen LogP contribution >= 0.6 is 0 Å².